The maximum Gasteiger partial charge on any atom is 0.124 e. The Balaban J connectivity index is 1.72. The molecule has 1 saturated heterocycles. The highest BCUT2D eigenvalue weighted by molar-refractivity contribution is 7.19. The van der Waals surface area contributed by atoms with Crippen LogP contribution in [0.2, 0.25) is 0 Å². The summed E-state index contributed by atoms with van der Waals surface area (Å²) in [5.74, 6) is -0.161. The number of benzene rings is 1. The van der Waals surface area contributed by atoms with Crippen molar-refractivity contribution >= 4 is 21.4 Å². The minimum atomic E-state index is -0.161. The summed E-state index contributed by atoms with van der Waals surface area (Å²) in [6.45, 7) is 0.914. The molecule has 0 radical (unpaired) electrons. The van der Waals surface area contributed by atoms with Crippen molar-refractivity contribution < 1.29 is 9.13 Å². The normalized spacial score (nSPS) is 20.6. The first-order valence-corrected chi connectivity index (χ1v) is 8.06. The van der Waals surface area contributed by atoms with Crippen molar-refractivity contribution in [1.82, 2.24) is 5.32 Å². The summed E-state index contributed by atoms with van der Waals surface area (Å²) in [7, 11) is 1.99. The Kier molecular flexibility index (Phi) is 4.34. The van der Waals surface area contributed by atoms with E-state index in [0.29, 0.717) is 12.1 Å². The van der Waals surface area contributed by atoms with Crippen LogP contribution in [0.1, 0.15) is 36.6 Å². The molecule has 1 aromatic carbocycles. The Hall–Kier alpha value is -0.970. The van der Waals surface area contributed by atoms with Crippen LogP contribution in [0.5, 0.6) is 0 Å². The van der Waals surface area contributed by atoms with Gasteiger partial charge in [-0.3, -0.25) is 0 Å². The van der Waals surface area contributed by atoms with Gasteiger partial charge in [0.1, 0.15) is 5.82 Å². The predicted octanol–water partition coefficient (Wildman–Crippen LogP) is 4.26. The second kappa shape index (κ2) is 6.20. The van der Waals surface area contributed by atoms with E-state index < -0.39 is 0 Å². The molecule has 1 N–H and O–H groups in total. The first-order valence-electron chi connectivity index (χ1n) is 7.24. The average molecular weight is 293 g/mol. The molecule has 4 heteroatoms. The minimum Gasteiger partial charge on any atom is -0.378 e. The third-order valence-electron chi connectivity index (χ3n) is 3.99. The molecule has 108 valence electrons. The molecule has 2 nitrogen and oxygen atoms in total. The summed E-state index contributed by atoms with van der Waals surface area (Å²) >= 11 is 1.68. The molecular weight excluding hydrogens is 273 g/mol. The van der Waals surface area contributed by atoms with Crippen LogP contribution in [0.25, 0.3) is 10.1 Å². The van der Waals surface area contributed by atoms with Crippen LogP contribution < -0.4 is 5.32 Å². The Labute approximate surface area is 122 Å². The van der Waals surface area contributed by atoms with Gasteiger partial charge in [0.15, 0.2) is 0 Å². The summed E-state index contributed by atoms with van der Waals surface area (Å²) in [5.41, 5.74) is 0. The van der Waals surface area contributed by atoms with Gasteiger partial charge in [-0.2, -0.15) is 0 Å². The molecule has 1 aliphatic heterocycles. The molecule has 2 unspecified atom stereocenters. The lowest BCUT2D eigenvalue weighted by Crippen LogP contribution is -2.17. The Bertz CT molecular complexity index is 577. The number of ether oxygens (including phenoxy) is 1. The smallest absolute Gasteiger partial charge is 0.124 e. The lowest BCUT2D eigenvalue weighted by molar-refractivity contribution is 0.0999. The third-order valence-corrected chi connectivity index (χ3v) is 5.21. The van der Waals surface area contributed by atoms with Crippen molar-refractivity contribution in [2.75, 3.05) is 13.7 Å². The molecule has 0 saturated carbocycles. The maximum absolute atomic E-state index is 13.3. The fourth-order valence-electron chi connectivity index (χ4n) is 2.85. The van der Waals surface area contributed by atoms with Gasteiger partial charge in [-0.15, -0.1) is 11.3 Å². The number of hydrogen-bond acceptors (Lipinski definition) is 3. The Morgan fingerprint density at radius 3 is 3.10 bits per heavy atom. The summed E-state index contributed by atoms with van der Waals surface area (Å²) in [4.78, 5) is 1.28. The van der Waals surface area contributed by atoms with E-state index in [1.165, 1.54) is 23.8 Å². The first kappa shape index (κ1) is 14.0. The summed E-state index contributed by atoms with van der Waals surface area (Å²) in [6, 6.07) is 7.52. The fraction of sp³-hybridized carbons (Fsp3) is 0.500. The molecular formula is C16H20FNOS. The highest BCUT2D eigenvalue weighted by Gasteiger charge is 2.19. The average Bonchev–Trinajstić information content (AvgIpc) is 3.08. The zero-order valence-electron chi connectivity index (χ0n) is 11.7. The van der Waals surface area contributed by atoms with Crippen molar-refractivity contribution in [3.05, 3.63) is 35.0 Å². The number of thiophene rings is 1. The second-order valence-corrected chi connectivity index (χ2v) is 6.50. The van der Waals surface area contributed by atoms with E-state index in [0.717, 1.165) is 29.5 Å². The number of rotatable bonds is 5. The van der Waals surface area contributed by atoms with E-state index in [2.05, 4.69) is 11.4 Å². The molecule has 1 aliphatic rings. The highest BCUT2D eigenvalue weighted by Crippen LogP contribution is 2.33. The lowest BCUT2D eigenvalue weighted by Gasteiger charge is -2.16. The molecule has 1 aromatic heterocycles. The van der Waals surface area contributed by atoms with Crippen molar-refractivity contribution in [1.29, 1.82) is 0 Å². The molecule has 0 aliphatic carbocycles. The van der Waals surface area contributed by atoms with E-state index in [9.17, 15) is 4.39 Å². The topological polar surface area (TPSA) is 21.3 Å². The van der Waals surface area contributed by atoms with E-state index >= 15 is 0 Å². The highest BCUT2D eigenvalue weighted by atomic mass is 32.1. The van der Waals surface area contributed by atoms with Crippen LogP contribution in [0.15, 0.2) is 24.3 Å². The summed E-state index contributed by atoms with van der Waals surface area (Å²) in [5, 5.41) is 4.51. The molecule has 2 heterocycles. The number of nitrogens with one attached hydrogen (secondary N) is 1. The summed E-state index contributed by atoms with van der Waals surface area (Å²) < 4.78 is 20.0. The number of fused-ring (bicyclic) bond motifs is 1. The SMILES string of the molecule is CNC(CCC1CCCO1)c1cc2ccc(F)cc2s1. The van der Waals surface area contributed by atoms with Gasteiger partial charge >= 0.3 is 0 Å². The third kappa shape index (κ3) is 3.03. The van der Waals surface area contributed by atoms with Crippen LogP contribution in [0, 0.1) is 5.82 Å². The molecule has 0 amide bonds. The van der Waals surface area contributed by atoms with E-state index in [-0.39, 0.29) is 5.82 Å². The van der Waals surface area contributed by atoms with E-state index in [1.54, 1.807) is 17.4 Å². The van der Waals surface area contributed by atoms with Gasteiger partial charge in [-0.05, 0) is 56.3 Å². The van der Waals surface area contributed by atoms with E-state index in [1.807, 2.05) is 13.1 Å². The second-order valence-electron chi connectivity index (χ2n) is 5.38. The monoisotopic (exact) mass is 293 g/mol. The number of halogens is 1. The fourth-order valence-corrected chi connectivity index (χ4v) is 4.08. The van der Waals surface area contributed by atoms with Crippen molar-refractivity contribution in [2.24, 2.45) is 0 Å². The quantitative estimate of drug-likeness (QED) is 0.889. The van der Waals surface area contributed by atoms with Gasteiger partial charge in [0, 0.05) is 22.2 Å². The van der Waals surface area contributed by atoms with Gasteiger partial charge < -0.3 is 10.1 Å². The molecule has 0 spiro atoms. The molecule has 1 fully saturated rings. The largest absolute Gasteiger partial charge is 0.378 e. The standard InChI is InChI=1S/C16H20FNOS/c1-18-14(7-6-13-3-2-8-19-13)16-9-11-4-5-12(17)10-15(11)20-16/h4-5,9-10,13-14,18H,2-3,6-8H2,1H3. The van der Waals surface area contributed by atoms with Gasteiger partial charge in [0.25, 0.3) is 0 Å². The minimum absolute atomic E-state index is 0.161. The van der Waals surface area contributed by atoms with Gasteiger partial charge in [0.2, 0.25) is 0 Å². The van der Waals surface area contributed by atoms with Crippen LogP contribution >= 0.6 is 11.3 Å². The maximum atomic E-state index is 13.3. The first-order chi connectivity index (χ1) is 9.76. The van der Waals surface area contributed by atoms with Crippen LogP contribution in [0.4, 0.5) is 4.39 Å². The number of hydrogen-bond donors (Lipinski definition) is 1. The van der Waals surface area contributed by atoms with Gasteiger partial charge in [-0.25, -0.2) is 4.39 Å². The van der Waals surface area contributed by atoms with Crippen LogP contribution in [0.3, 0.4) is 0 Å². The zero-order valence-corrected chi connectivity index (χ0v) is 12.5. The summed E-state index contributed by atoms with van der Waals surface area (Å²) in [6.07, 6.45) is 4.97. The molecule has 20 heavy (non-hydrogen) atoms. The lowest BCUT2D eigenvalue weighted by atomic mass is 10.0. The van der Waals surface area contributed by atoms with Crippen molar-refractivity contribution in [2.45, 2.75) is 37.8 Å². The van der Waals surface area contributed by atoms with Crippen molar-refractivity contribution in [3.8, 4) is 0 Å². The van der Waals surface area contributed by atoms with Crippen molar-refractivity contribution in [3.63, 3.8) is 0 Å². The Morgan fingerprint density at radius 1 is 1.45 bits per heavy atom. The molecule has 0 bridgehead atoms. The molecule has 3 rings (SSSR count). The van der Waals surface area contributed by atoms with Gasteiger partial charge in [-0.1, -0.05) is 6.07 Å². The molecule has 2 aromatic rings. The Morgan fingerprint density at radius 2 is 2.35 bits per heavy atom. The van der Waals surface area contributed by atoms with Crippen LogP contribution in [-0.2, 0) is 4.74 Å². The van der Waals surface area contributed by atoms with Crippen LogP contribution in [-0.4, -0.2) is 19.8 Å². The molecule has 2 atom stereocenters. The van der Waals surface area contributed by atoms with E-state index in [4.69, 9.17) is 4.74 Å². The zero-order chi connectivity index (χ0) is 13.9. The predicted molar refractivity (Wildman–Crippen MR) is 81.8 cm³/mol. The van der Waals surface area contributed by atoms with Gasteiger partial charge in [0.05, 0.1) is 6.10 Å².